The molecule has 0 aliphatic carbocycles. The van der Waals surface area contributed by atoms with Crippen molar-refractivity contribution in [1.82, 2.24) is 9.88 Å². The third kappa shape index (κ3) is 3.10. The molecule has 1 amide bonds. The minimum absolute atomic E-state index is 0.178. The first-order valence-electron chi connectivity index (χ1n) is 7.72. The fourth-order valence-electron chi connectivity index (χ4n) is 2.99. The summed E-state index contributed by atoms with van der Waals surface area (Å²) in [6, 6.07) is 8.10. The fraction of sp³-hybridized carbons (Fsp3) is 0.471. The van der Waals surface area contributed by atoms with E-state index in [0.717, 1.165) is 49.0 Å². The maximum absolute atomic E-state index is 12.5. The highest BCUT2D eigenvalue weighted by atomic mass is 16.5. The third-order valence-corrected chi connectivity index (χ3v) is 4.20. The molecular weight excluding hydrogens is 264 g/mol. The standard InChI is InChI=1S/C17H22N2O2/c1-2-19(12-14-6-5-9-21-14)17(20)10-13-11-18-16-8-4-3-7-15(13)16/h3-4,7-8,11,14,18H,2,5-6,9-10,12H2,1H3/t14-/m1/s1. The number of hydrogen-bond acceptors (Lipinski definition) is 2. The quantitative estimate of drug-likeness (QED) is 0.918. The second-order valence-electron chi connectivity index (χ2n) is 5.60. The summed E-state index contributed by atoms with van der Waals surface area (Å²) >= 11 is 0. The summed E-state index contributed by atoms with van der Waals surface area (Å²) in [4.78, 5) is 17.7. The molecule has 1 aliphatic heterocycles. The summed E-state index contributed by atoms with van der Waals surface area (Å²) < 4.78 is 5.64. The maximum atomic E-state index is 12.5. The van der Waals surface area contributed by atoms with E-state index in [4.69, 9.17) is 4.74 Å². The van der Waals surface area contributed by atoms with Crippen molar-refractivity contribution >= 4 is 16.8 Å². The number of nitrogens with one attached hydrogen (secondary N) is 1. The summed E-state index contributed by atoms with van der Waals surface area (Å²) in [5.41, 5.74) is 2.16. The molecule has 1 aromatic carbocycles. The molecule has 112 valence electrons. The number of benzene rings is 1. The maximum Gasteiger partial charge on any atom is 0.227 e. The number of amides is 1. The van der Waals surface area contributed by atoms with Gasteiger partial charge < -0.3 is 14.6 Å². The van der Waals surface area contributed by atoms with Crippen LogP contribution in [0.4, 0.5) is 0 Å². The molecule has 21 heavy (non-hydrogen) atoms. The summed E-state index contributed by atoms with van der Waals surface area (Å²) in [5, 5.41) is 1.14. The Morgan fingerprint density at radius 3 is 3.05 bits per heavy atom. The highest BCUT2D eigenvalue weighted by Gasteiger charge is 2.22. The number of fused-ring (bicyclic) bond motifs is 1. The molecule has 4 heteroatoms. The average Bonchev–Trinajstić information content (AvgIpc) is 3.15. The van der Waals surface area contributed by atoms with Crippen molar-refractivity contribution in [2.45, 2.75) is 32.3 Å². The highest BCUT2D eigenvalue weighted by molar-refractivity contribution is 5.88. The van der Waals surface area contributed by atoms with Crippen molar-refractivity contribution in [2.24, 2.45) is 0 Å². The number of ether oxygens (including phenoxy) is 1. The zero-order chi connectivity index (χ0) is 14.7. The number of para-hydroxylation sites is 1. The molecule has 0 spiro atoms. The van der Waals surface area contributed by atoms with E-state index in [1.54, 1.807) is 0 Å². The van der Waals surface area contributed by atoms with Crippen LogP contribution in [0.25, 0.3) is 10.9 Å². The number of carbonyl (C=O) groups excluding carboxylic acids is 1. The molecule has 0 bridgehead atoms. The van der Waals surface area contributed by atoms with Gasteiger partial charge in [-0.3, -0.25) is 4.79 Å². The van der Waals surface area contributed by atoms with E-state index in [1.165, 1.54) is 0 Å². The molecule has 3 rings (SSSR count). The van der Waals surface area contributed by atoms with Crippen LogP contribution in [-0.2, 0) is 16.0 Å². The van der Waals surface area contributed by atoms with Crippen LogP contribution < -0.4 is 0 Å². The Morgan fingerprint density at radius 1 is 1.43 bits per heavy atom. The van der Waals surface area contributed by atoms with Crippen LogP contribution in [0.5, 0.6) is 0 Å². The van der Waals surface area contributed by atoms with Crippen molar-refractivity contribution < 1.29 is 9.53 Å². The molecule has 4 nitrogen and oxygen atoms in total. The average molecular weight is 286 g/mol. The molecule has 1 aliphatic rings. The van der Waals surface area contributed by atoms with Gasteiger partial charge in [-0.15, -0.1) is 0 Å². The van der Waals surface area contributed by atoms with E-state index < -0.39 is 0 Å². The number of aromatic amines is 1. The van der Waals surface area contributed by atoms with Crippen molar-refractivity contribution in [3.63, 3.8) is 0 Å². The van der Waals surface area contributed by atoms with E-state index in [2.05, 4.69) is 11.1 Å². The number of aromatic nitrogens is 1. The van der Waals surface area contributed by atoms with E-state index in [1.807, 2.05) is 36.2 Å². The van der Waals surface area contributed by atoms with Gasteiger partial charge in [-0.2, -0.15) is 0 Å². The zero-order valence-electron chi connectivity index (χ0n) is 12.5. The van der Waals surface area contributed by atoms with Gasteiger partial charge in [-0.1, -0.05) is 18.2 Å². The van der Waals surface area contributed by atoms with Crippen LogP contribution in [0.15, 0.2) is 30.5 Å². The Balaban J connectivity index is 1.69. The van der Waals surface area contributed by atoms with Gasteiger partial charge in [-0.05, 0) is 31.4 Å². The number of nitrogens with zero attached hydrogens (tertiary/aromatic N) is 1. The molecule has 1 fully saturated rings. The molecule has 0 saturated carbocycles. The summed E-state index contributed by atoms with van der Waals surface area (Å²) in [6.07, 6.45) is 4.79. The fourth-order valence-corrected chi connectivity index (χ4v) is 2.99. The number of likely N-dealkylation sites (N-methyl/N-ethyl adjacent to an activating group) is 1. The van der Waals surface area contributed by atoms with Gasteiger partial charge in [-0.25, -0.2) is 0 Å². The van der Waals surface area contributed by atoms with Crippen LogP contribution in [0.2, 0.25) is 0 Å². The van der Waals surface area contributed by atoms with Crippen LogP contribution in [0, 0.1) is 0 Å². The Morgan fingerprint density at radius 2 is 2.29 bits per heavy atom. The van der Waals surface area contributed by atoms with Gasteiger partial charge in [0.05, 0.1) is 12.5 Å². The van der Waals surface area contributed by atoms with Crippen molar-refractivity contribution in [1.29, 1.82) is 0 Å². The van der Waals surface area contributed by atoms with Gasteiger partial charge in [0, 0.05) is 36.8 Å². The Labute approximate surface area is 125 Å². The summed E-state index contributed by atoms with van der Waals surface area (Å²) in [5.74, 6) is 0.178. The first kappa shape index (κ1) is 14.1. The SMILES string of the molecule is CCN(C[C@H]1CCCO1)C(=O)Cc1c[nH]c2ccccc12. The van der Waals surface area contributed by atoms with Gasteiger partial charge in [0.1, 0.15) is 0 Å². The zero-order valence-corrected chi connectivity index (χ0v) is 12.5. The van der Waals surface area contributed by atoms with Crippen molar-refractivity contribution in [2.75, 3.05) is 19.7 Å². The van der Waals surface area contributed by atoms with Crippen molar-refractivity contribution in [3.8, 4) is 0 Å². The van der Waals surface area contributed by atoms with E-state index in [-0.39, 0.29) is 12.0 Å². The monoisotopic (exact) mass is 286 g/mol. The van der Waals surface area contributed by atoms with Crippen LogP contribution >= 0.6 is 0 Å². The third-order valence-electron chi connectivity index (χ3n) is 4.20. The molecule has 0 radical (unpaired) electrons. The van der Waals surface area contributed by atoms with Crippen molar-refractivity contribution in [3.05, 3.63) is 36.0 Å². The number of hydrogen-bond donors (Lipinski definition) is 1. The molecule has 1 atom stereocenters. The molecule has 2 heterocycles. The minimum Gasteiger partial charge on any atom is -0.376 e. The van der Waals surface area contributed by atoms with Crippen LogP contribution in [-0.4, -0.2) is 41.6 Å². The molecule has 2 aromatic rings. The lowest BCUT2D eigenvalue weighted by atomic mass is 10.1. The first-order chi connectivity index (χ1) is 10.3. The molecule has 1 N–H and O–H groups in total. The lowest BCUT2D eigenvalue weighted by Gasteiger charge is -2.24. The van der Waals surface area contributed by atoms with E-state index in [9.17, 15) is 4.79 Å². The molecule has 1 saturated heterocycles. The predicted octanol–water partition coefficient (Wildman–Crippen LogP) is 2.74. The molecule has 1 aromatic heterocycles. The second-order valence-corrected chi connectivity index (χ2v) is 5.60. The van der Waals surface area contributed by atoms with E-state index in [0.29, 0.717) is 6.42 Å². The molecular formula is C17H22N2O2. The predicted molar refractivity (Wildman–Crippen MR) is 83.2 cm³/mol. The van der Waals surface area contributed by atoms with E-state index >= 15 is 0 Å². The van der Waals surface area contributed by atoms with Crippen LogP contribution in [0.1, 0.15) is 25.3 Å². The Bertz CT molecular complexity index is 614. The smallest absolute Gasteiger partial charge is 0.227 e. The van der Waals surface area contributed by atoms with Gasteiger partial charge in [0.2, 0.25) is 5.91 Å². The Kier molecular flexibility index (Phi) is 4.25. The van der Waals surface area contributed by atoms with Gasteiger partial charge in [0.25, 0.3) is 0 Å². The largest absolute Gasteiger partial charge is 0.376 e. The van der Waals surface area contributed by atoms with Crippen LogP contribution in [0.3, 0.4) is 0 Å². The summed E-state index contributed by atoms with van der Waals surface area (Å²) in [6.45, 7) is 4.32. The highest BCUT2D eigenvalue weighted by Crippen LogP contribution is 2.19. The topological polar surface area (TPSA) is 45.3 Å². The minimum atomic E-state index is 0.178. The first-order valence-corrected chi connectivity index (χ1v) is 7.72. The normalized spacial score (nSPS) is 18.2. The molecule has 0 unspecified atom stereocenters. The number of H-pyrrole nitrogens is 1. The van der Waals surface area contributed by atoms with Gasteiger partial charge >= 0.3 is 0 Å². The lowest BCUT2D eigenvalue weighted by molar-refractivity contribution is -0.131. The lowest BCUT2D eigenvalue weighted by Crippen LogP contribution is -2.38. The number of rotatable bonds is 5. The second kappa shape index (κ2) is 6.31. The summed E-state index contributed by atoms with van der Waals surface area (Å²) in [7, 11) is 0. The van der Waals surface area contributed by atoms with Gasteiger partial charge in [0.15, 0.2) is 0 Å². The number of carbonyl (C=O) groups is 1. The Hall–Kier alpha value is -1.81.